The number of carbonyl (C=O) groups is 1. The monoisotopic (exact) mass is 408 g/mol. The first kappa shape index (κ1) is 17.9. The number of fused-ring (bicyclic) bond motifs is 1. The number of piperazine rings is 1. The standard InChI is InChI=1S/C21H20N4O3S/c26-21(13-16-2-1-11-29-16)25-9-7-24(8-10-25)20-6-4-17(22-23-20)15-3-5-18-19(12-15)28-14-27-18/h1-6,11-12H,7-10,13-14H2. The van der Waals surface area contributed by atoms with E-state index in [0.29, 0.717) is 19.5 Å². The van der Waals surface area contributed by atoms with Crippen LogP contribution in [0.25, 0.3) is 11.3 Å². The second kappa shape index (κ2) is 7.71. The SMILES string of the molecule is O=C(Cc1cccs1)N1CCN(c2ccc(-c3ccc4c(c3)OCO4)nn2)CC1. The average molecular weight is 408 g/mol. The van der Waals surface area contributed by atoms with Crippen LogP contribution < -0.4 is 14.4 Å². The molecule has 0 unspecified atom stereocenters. The highest BCUT2D eigenvalue weighted by atomic mass is 32.1. The highest BCUT2D eigenvalue weighted by Gasteiger charge is 2.22. The number of thiophene rings is 1. The van der Waals surface area contributed by atoms with E-state index >= 15 is 0 Å². The molecule has 0 atom stereocenters. The molecule has 0 saturated carbocycles. The Kier molecular flexibility index (Phi) is 4.77. The Balaban J connectivity index is 1.21. The maximum Gasteiger partial charge on any atom is 0.231 e. The fraction of sp³-hybridized carbons (Fsp3) is 0.286. The second-order valence-corrected chi connectivity index (χ2v) is 8.00. The van der Waals surface area contributed by atoms with Crippen LogP contribution in [-0.4, -0.2) is 54.0 Å². The van der Waals surface area contributed by atoms with Gasteiger partial charge in [-0.15, -0.1) is 21.5 Å². The summed E-state index contributed by atoms with van der Waals surface area (Å²) >= 11 is 1.63. The van der Waals surface area contributed by atoms with Gasteiger partial charge in [0.05, 0.1) is 12.1 Å². The van der Waals surface area contributed by atoms with Gasteiger partial charge in [0.2, 0.25) is 12.7 Å². The first-order chi connectivity index (χ1) is 14.3. The van der Waals surface area contributed by atoms with Gasteiger partial charge in [-0.1, -0.05) is 6.07 Å². The zero-order valence-corrected chi connectivity index (χ0v) is 16.6. The Morgan fingerprint density at radius 3 is 2.62 bits per heavy atom. The van der Waals surface area contributed by atoms with E-state index in [4.69, 9.17) is 9.47 Å². The fourth-order valence-corrected chi connectivity index (χ4v) is 4.26. The molecule has 7 nitrogen and oxygen atoms in total. The van der Waals surface area contributed by atoms with E-state index in [9.17, 15) is 4.79 Å². The summed E-state index contributed by atoms with van der Waals surface area (Å²) in [7, 11) is 0. The van der Waals surface area contributed by atoms with E-state index in [1.807, 2.05) is 52.7 Å². The van der Waals surface area contributed by atoms with Crippen LogP contribution in [0.1, 0.15) is 4.88 Å². The first-order valence-electron chi connectivity index (χ1n) is 9.55. The summed E-state index contributed by atoms with van der Waals surface area (Å²) in [6, 6.07) is 13.7. The van der Waals surface area contributed by atoms with E-state index in [0.717, 1.165) is 46.5 Å². The van der Waals surface area contributed by atoms with Crippen LogP contribution in [0, 0.1) is 0 Å². The number of hydrogen-bond acceptors (Lipinski definition) is 7. The van der Waals surface area contributed by atoms with Crippen molar-refractivity contribution >= 4 is 23.1 Å². The lowest BCUT2D eigenvalue weighted by atomic mass is 10.1. The zero-order chi connectivity index (χ0) is 19.6. The number of nitrogens with zero attached hydrogens (tertiary/aromatic N) is 4. The van der Waals surface area contributed by atoms with Crippen LogP contribution in [0.15, 0.2) is 47.8 Å². The molecule has 1 saturated heterocycles. The van der Waals surface area contributed by atoms with Crippen LogP contribution in [-0.2, 0) is 11.2 Å². The first-order valence-corrected chi connectivity index (χ1v) is 10.4. The van der Waals surface area contributed by atoms with Crippen molar-refractivity contribution in [2.24, 2.45) is 0 Å². The van der Waals surface area contributed by atoms with Crippen molar-refractivity contribution in [3.63, 3.8) is 0 Å². The third kappa shape index (κ3) is 3.75. The number of hydrogen-bond donors (Lipinski definition) is 0. The number of benzene rings is 1. The number of anilines is 1. The molecule has 0 aliphatic carbocycles. The van der Waals surface area contributed by atoms with Gasteiger partial charge in [-0.25, -0.2) is 0 Å². The maximum atomic E-state index is 12.5. The minimum absolute atomic E-state index is 0.191. The molecule has 2 aliphatic rings. The number of rotatable bonds is 4. The molecule has 1 aromatic carbocycles. The molecule has 0 bridgehead atoms. The molecule has 4 heterocycles. The molecule has 29 heavy (non-hydrogen) atoms. The van der Waals surface area contributed by atoms with Crippen molar-refractivity contribution < 1.29 is 14.3 Å². The van der Waals surface area contributed by atoms with E-state index in [-0.39, 0.29) is 12.7 Å². The Bertz CT molecular complexity index is 999. The molecule has 2 aromatic heterocycles. The fourth-order valence-electron chi connectivity index (χ4n) is 3.56. The van der Waals surface area contributed by atoms with Crippen molar-refractivity contribution in [3.8, 4) is 22.8 Å². The second-order valence-electron chi connectivity index (χ2n) is 6.97. The predicted molar refractivity (Wildman–Crippen MR) is 110 cm³/mol. The van der Waals surface area contributed by atoms with Gasteiger partial charge in [0, 0.05) is 36.6 Å². The van der Waals surface area contributed by atoms with Crippen LogP contribution in [0.2, 0.25) is 0 Å². The van der Waals surface area contributed by atoms with Crippen LogP contribution in [0.4, 0.5) is 5.82 Å². The van der Waals surface area contributed by atoms with Gasteiger partial charge in [0.15, 0.2) is 17.3 Å². The summed E-state index contributed by atoms with van der Waals surface area (Å²) < 4.78 is 10.8. The molecule has 0 spiro atoms. The van der Waals surface area contributed by atoms with Crippen molar-refractivity contribution in [3.05, 3.63) is 52.7 Å². The Hall–Kier alpha value is -3.13. The van der Waals surface area contributed by atoms with Gasteiger partial charge in [0.25, 0.3) is 0 Å². The molecule has 148 valence electrons. The molecule has 1 fully saturated rings. The summed E-state index contributed by atoms with van der Waals surface area (Å²) in [6.45, 7) is 3.18. The van der Waals surface area contributed by atoms with Gasteiger partial charge in [-0.05, 0) is 41.8 Å². The molecule has 2 aliphatic heterocycles. The third-order valence-electron chi connectivity index (χ3n) is 5.18. The Morgan fingerprint density at radius 1 is 1.00 bits per heavy atom. The number of carbonyl (C=O) groups excluding carboxylic acids is 1. The highest BCUT2D eigenvalue weighted by Crippen LogP contribution is 2.35. The molecule has 3 aromatic rings. The summed E-state index contributed by atoms with van der Waals surface area (Å²) in [5.41, 5.74) is 1.73. The van der Waals surface area contributed by atoms with Gasteiger partial charge >= 0.3 is 0 Å². The topological polar surface area (TPSA) is 67.8 Å². The number of aromatic nitrogens is 2. The van der Waals surface area contributed by atoms with Crippen LogP contribution in [0.3, 0.4) is 0 Å². The third-order valence-corrected chi connectivity index (χ3v) is 6.06. The van der Waals surface area contributed by atoms with Crippen molar-refractivity contribution in [2.45, 2.75) is 6.42 Å². The molecule has 0 N–H and O–H groups in total. The van der Waals surface area contributed by atoms with Gasteiger partial charge < -0.3 is 19.3 Å². The lowest BCUT2D eigenvalue weighted by Gasteiger charge is -2.35. The van der Waals surface area contributed by atoms with Gasteiger partial charge in [0.1, 0.15) is 0 Å². The van der Waals surface area contributed by atoms with E-state index in [1.165, 1.54) is 0 Å². The van der Waals surface area contributed by atoms with Gasteiger partial charge in [-0.3, -0.25) is 4.79 Å². The quantitative estimate of drug-likeness (QED) is 0.661. The van der Waals surface area contributed by atoms with Crippen molar-refractivity contribution in [1.29, 1.82) is 0 Å². The molecular formula is C21H20N4O3S. The maximum absolute atomic E-state index is 12.5. The molecule has 0 radical (unpaired) electrons. The molecule has 5 rings (SSSR count). The van der Waals surface area contributed by atoms with E-state index < -0.39 is 0 Å². The van der Waals surface area contributed by atoms with E-state index in [2.05, 4.69) is 15.1 Å². The van der Waals surface area contributed by atoms with Crippen molar-refractivity contribution in [1.82, 2.24) is 15.1 Å². The normalized spacial score (nSPS) is 15.6. The lowest BCUT2D eigenvalue weighted by Crippen LogP contribution is -2.49. The summed E-state index contributed by atoms with van der Waals surface area (Å²) in [5.74, 6) is 2.51. The predicted octanol–water partition coefficient (Wildman–Crippen LogP) is 2.83. The van der Waals surface area contributed by atoms with Gasteiger partial charge in [-0.2, -0.15) is 0 Å². The highest BCUT2D eigenvalue weighted by molar-refractivity contribution is 7.10. The summed E-state index contributed by atoms with van der Waals surface area (Å²) in [4.78, 5) is 17.7. The number of amides is 1. The largest absolute Gasteiger partial charge is 0.454 e. The van der Waals surface area contributed by atoms with Crippen LogP contribution >= 0.6 is 11.3 Å². The molecule has 1 amide bonds. The molecule has 8 heteroatoms. The Morgan fingerprint density at radius 2 is 1.86 bits per heavy atom. The minimum Gasteiger partial charge on any atom is -0.454 e. The summed E-state index contributed by atoms with van der Waals surface area (Å²) in [6.07, 6.45) is 0.488. The lowest BCUT2D eigenvalue weighted by molar-refractivity contribution is -0.130. The zero-order valence-electron chi connectivity index (χ0n) is 15.8. The Labute approximate surface area is 172 Å². The molecular weight excluding hydrogens is 388 g/mol. The minimum atomic E-state index is 0.191. The van der Waals surface area contributed by atoms with E-state index in [1.54, 1.807) is 11.3 Å². The number of ether oxygens (including phenoxy) is 2. The summed E-state index contributed by atoms with van der Waals surface area (Å²) in [5, 5.41) is 10.8. The average Bonchev–Trinajstić information content (AvgIpc) is 3.45. The smallest absolute Gasteiger partial charge is 0.231 e. The van der Waals surface area contributed by atoms with Crippen LogP contribution in [0.5, 0.6) is 11.5 Å². The van der Waals surface area contributed by atoms with Crippen molar-refractivity contribution in [2.75, 3.05) is 37.9 Å².